The van der Waals surface area contributed by atoms with Gasteiger partial charge in [-0.05, 0) is 59.2 Å². The fourth-order valence-corrected chi connectivity index (χ4v) is 2.52. The average molecular weight is 359 g/mol. The number of aromatic nitrogens is 2. The minimum Gasteiger partial charge on any atom is -0.312 e. The lowest BCUT2D eigenvalue weighted by atomic mass is 10.1. The Hall–Kier alpha value is -0.530. The van der Waals surface area contributed by atoms with Crippen LogP contribution in [-0.2, 0) is 6.54 Å². The molecule has 0 aliphatic rings. The maximum atomic E-state index is 4.22. The van der Waals surface area contributed by atoms with Crippen LogP contribution in [0.3, 0.4) is 0 Å². The van der Waals surface area contributed by atoms with Crippen molar-refractivity contribution in [3.8, 4) is 11.3 Å². The molecule has 0 aliphatic carbocycles. The molecule has 1 aromatic heterocycles. The molecule has 0 atom stereocenters. The molecule has 0 fully saturated rings. The summed E-state index contributed by atoms with van der Waals surface area (Å²) in [7, 11) is 0. The number of hydrogen-bond donors (Lipinski definition) is 1. The van der Waals surface area contributed by atoms with Gasteiger partial charge in [0.1, 0.15) is 5.69 Å². The summed E-state index contributed by atoms with van der Waals surface area (Å²) in [6.45, 7) is 4.05. The third-order valence-corrected chi connectivity index (χ3v) is 3.83. The highest BCUT2D eigenvalue weighted by Crippen LogP contribution is 2.24. The number of nitrogens with one attached hydrogen (secondary N) is 1. The molecule has 1 aromatic carbocycles. The second-order valence-electron chi connectivity index (χ2n) is 3.73. The molecule has 0 bridgehead atoms. The van der Waals surface area contributed by atoms with Gasteiger partial charge < -0.3 is 5.32 Å². The number of benzene rings is 1. The van der Waals surface area contributed by atoms with Crippen LogP contribution in [0.15, 0.2) is 24.3 Å². The van der Waals surface area contributed by atoms with Crippen molar-refractivity contribution in [1.29, 1.82) is 0 Å². The van der Waals surface area contributed by atoms with E-state index < -0.39 is 0 Å². The molecular weight excluding hydrogens is 345 g/mol. The molecular formula is C12H14IN3S. The Kier molecular flexibility index (Phi) is 4.87. The second kappa shape index (κ2) is 6.42. The van der Waals surface area contributed by atoms with E-state index >= 15 is 0 Å². The van der Waals surface area contributed by atoms with Gasteiger partial charge in [0.25, 0.3) is 0 Å². The van der Waals surface area contributed by atoms with Crippen molar-refractivity contribution in [1.82, 2.24) is 14.9 Å². The van der Waals surface area contributed by atoms with Crippen molar-refractivity contribution in [2.24, 2.45) is 0 Å². The van der Waals surface area contributed by atoms with Gasteiger partial charge in [-0.15, -0.1) is 5.10 Å². The van der Waals surface area contributed by atoms with E-state index in [0.717, 1.165) is 30.8 Å². The van der Waals surface area contributed by atoms with Crippen molar-refractivity contribution in [3.05, 3.63) is 32.7 Å². The SMILES string of the molecule is CCCNCc1snnc1-c1ccc(I)cc1. The van der Waals surface area contributed by atoms with Gasteiger partial charge in [0.15, 0.2) is 0 Å². The van der Waals surface area contributed by atoms with Gasteiger partial charge in [0.2, 0.25) is 0 Å². The first-order chi connectivity index (χ1) is 8.31. The summed E-state index contributed by atoms with van der Waals surface area (Å²) in [5, 5.41) is 7.61. The molecule has 5 heteroatoms. The van der Waals surface area contributed by atoms with Crippen LogP contribution in [-0.4, -0.2) is 16.1 Å². The van der Waals surface area contributed by atoms with E-state index in [1.807, 2.05) is 0 Å². The van der Waals surface area contributed by atoms with Crippen molar-refractivity contribution < 1.29 is 0 Å². The molecule has 0 amide bonds. The van der Waals surface area contributed by atoms with E-state index in [1.165, 1.54) is 20.0 Å². The van der Waals surface area contributed by atoms with Crippen molar-refractivity contribution >= 4 is 34.1 Å². The van der Waals surface area contributed by atoms with Gasteiger partial charge >= 0.3 is 0 Å². The average Bonchev–Trinajstić information content (AvgIpc) is 2.79. The number of rotatable bonds is 5. The highest BCUT2D eigenvalue weighted by molar-refractivity contribution is 14.1. The van der Waals surface area contributed by atoms with Gasteiger partial charge in [-0.25, -0.2) is 0 Å². The third kappa shape index (κ3) is 3.46. The molecule has 2 rings (SSSR count). The molecule has 0 spiro atoms. The summed E-state index contributed by atoms with van der Waals surface area (Å²) in [5.41, 5.74) is 2.16. The van der Waals surface area contributed by atoms with Gasteiger partial charge in [-0.3, -0.25) is 0 Å². The van der Waals surface area contributed by atoms with Gasteiger partial charge in [0.05, 0.1) is 4.88 Å². The van der Waals surface area contributed by atoms with Crippen LogP contribution in [0.4, 0.5) is 0 Å². The fraction of sp³-hybridized carbons (Fsp3) is 0.333. The zero-order valence-corrected chi connectivity index (χ0v) is 12.6. The normalized spacial score (nSPS) is 10.7. The van der Waals surface area contributed by atoms with Crippen molar-refractivity contribution in [2.75, 3.05) is 6.54 Å². The Morgan fingerprint density at radius 3 is 2.76 bits per heavy atom. The Labute approximate surface area is 119 Å². The third-order valence-electron chi connectivity index (χ3n) is 2.39. The molecule has 1 N–H and O–H groups in total. The van der Waals surface area contributed by atoms with E-state index in [9.17, 15) is 0 Å². The van der Waals surface area contributed by atoms with E-state index in [4.69, 9.17) is 0 Å². The van der Waals surface area contributed by atoms with Crippen molar-refractivity contribution in [3.63, 3.8) is 0 Å². The summed E-state index contributed by atoms with van der Waals surface area (Å²) < 4.78 is 5.29. The van der Waals surface area contributed by atoms with E-state index in [1.54, 1.807) is 0 Å². The molecule has 90 valence electrons. The first-order valence-electron chi connectivity index (χ1n) is 5.59. The number of nitrogens with zero attached hydrogens (tertiary/aromatic N) is 2. The Balaban J connectivity index is 2.15. The van der Waals surface area contributed by atoms with Crippen LogP contribution in [0, 0.1) is 3.57 Å². The lowest BCUT2D eigenvalue weighted by Gasteiger charge is -2.03. The minimum absolute atomic E-state index is 0.854. The van der Waals surface area contributed by atoms with Crippen LogP contribution in [0.1, 0.15) is 18.2 Å². The maximum Gasteiger partial charge on any atom is 0.110 e. The fourth-order valence-electron chi connectivity index (χ4n) is 1.53. The Morgan fingerprint density at radius 2 is 2.06 bits per heavy atom. The second-order valence-corrected chi connectivity index (χ2v) is 5.81. The predicted molar refractivity (Wildman–Crippen MR) is 80.1 cm³/mol. The number of hydrogen-bond acceptors (Lipinski definition) is 4. The van der Waals surface area contributed by atoms with Crippen LogP contribution >= 0.6 is 34.1 Å². The van der Waals surface area contributed by atoms with Gasteiger partial charge in [-0.1, -0.05) is 23.5 Å². The van der Waals surface area contributed by atoms with Gasteiger partial charge in [-0.2, -0.15) is 0 Å². The Morgan fingerprint density at radius 1 is 1.29 bits per heavy atom. The number of halogens is 1. The van der Waals surface area contributed by atoms with Gasteiger partial charge in [0, 0.05) is 15.7 Å². The van der Waals surface area contributed by atoms with E-state index in [2.05, 4.69) is 68.7 Å². The summed E-state index contributed by atoms with van der Waals surface area (Å²) in [6, 6.07) is 8.39. The minimum atomic E-state index is 0.854. The van der Waals surface area contributed by atoms with Crippen LogP contribution in [0.5, 0.6) is 0 Å². The zero-order chi connectivity index (χ0) is 12.1. The van der Waals surface area contributed by atoms with Crippen LogP contribution in [0.2, 0.25) is 0 Å². The first kappa shape index (κ1) is 12.9. The lowest BCUT2D eigenvalue weighted by Crippen LogP contribution is -2.13. The van der Waals surface area contributed by atoms with E-state index in [0.29, 0.717) is 0 Å². The highest BCUT2D eigenvalue weighted by atomic mass is 127. The molecule has 0 aliphatic heterocycles. The zero-order valence-electron chi connectivity index (χ0n) is 9.61. The standard InChI is InChI=1S/C12H14IN3S/c1-2-7-14-8-11-12(15-16-17-11)9-3-5-10(13)6-4-9/h3-6,14H,2,7-8H2,1H3. The largest absolute Gasteiger partial charge is 0.312 e. The topological polar surface area (TPSA) is 37.8 Å². The summed E-state index contributed by atoms with van der Waals surface area (Å²) in [5.74, 6) is 0. The summed E-state index contributed by atoms with van der Waals surface area (Å²) in [6.07, 6.45) is 1.14. The maximum absolute atomic E-state index is 4.22. The molecule has 3 nitrogen and oxygen atoms in total. The molecule has 0 unspecified atom stereocenters. The van der Waals surface area contributed by atoms with E-state index in [-0.39, 0.29) is 0 Å². The van der Waals surface area contributed by atoms with Crippen LogP contribution < -0.4 is 5.32 Å². The lowest BCUT2D eigenvalue weighted by molar-refractivity contribution is 0.681. The molecule has 0 saturated heterocycles. The smallest absolute Gasteiger partial charge is 0.110 e. The van der Waals surface area contributed by atoms with Crippen LogP contribution in [0.25, 0.3) is 11.3 Å². The summed E-state index contributed by atoms with van der Waals surface area (Å²) >= 11 is 3.78. The monoisotopic (exact) mass is 359 g/mol. The molecule has 2 aromatic rings. The Bertz CT molecular complexity index is 467. The van der Waals surface area contributed by atoms with Crippen molar-refractivity contribution in [2.45, 2.75) is 19.9 Å². The highest BCUT2D eigenvalue weighted by Gasteiger charge is 2.09. The molecule has 17 heavy (non-hydrogen) atoms. The molecule has 0 radical (unpaired) electrons. The quantitative estimate of drug-likeness (QED) is 0.658. The first-order valence-corrected chi connectivity index (χ1v) is 7.44. The molecule has 1 heterocycles. The summed E-state index contributed by atoms with van der Waals surface area (Å²) in [4.78, 5) is 1.21. The molecule has 0 saturated carbocycles. The predicted octanol–water partition coefficient (Wildman–Crippen LogP) is 3.31.